The molecule has 1 atom stereocenters. The van der Waals surface area contributed by atoms with Crippen LogP contribution >= 0.6 is 11.6 Å². The third-order valence-corrected chi connectivity index (χ3v) is 6.32. The van der Waals surface area contributed by atoms with Gasteiger partial charge in [0.25, 0.3) is 0 Å². The number of Topliss-reactive ketones (excluding diaryl/α,β-unsaturated/α-hetero) is 1. The lowest BCUT2D eigenvalue weighted by Gasteiger charge is -2.18. The summed E-state index contributed by atoms with van der Waals surface area (Å²) in [5.74, 6) is -1.64. The van der Waals surface area contributed by atoms with E-state index in [0.717, 1.165) is 12.1 Å². The zero-order valence-electron chi connectivity index (χ0n) is 21.7. The fourth-order valence-electron chi connectivity index (χ4n) is 4.14. The molecule has 0 bridgehead atoms. The number of benzene rings is 2. The van der Waals surface area contributed by atoms with Crippen molar-refractivity contribution in [1.29, 1.82) is 0 Å². The Morgan fingerprint density at radius 1 is 1.02 bits per heavy atom. The summed E-state index contributed by atoms with van der Waals surface area (Å²) < 4.78 is 85.5. The van der Waals surface area contributed by atoms with Gasteiger partial charge < -0.3 is 4.74 Å². The molecule has 4 rings (SSSR count). The normalized spacial score (nSPS) is 13.0. The van der Waals surface area contributed by atoms with Crippen LogP contribution in [0, 0.1) is 0 Å². The van der Waals surface area contributed by atoms with Gasteiger partial charge in [-0.3, -0.25) is 4.79 Å². The molecule has 0 aliphatic rings. The Morgan fingerprint density at radius 3 is 2.36 bits per heavy atom. The molecule has 0 spiro atoms. The minimum Gasteiger partial charge on any atom is -0.481 e. The fourth-order valence-corrected chi connectivity index (χ4v) is 4.26. The lowest BCUT2D eigenvalue weighted by molar-refractivity contribution is -0.137. The standard InChI is InChI=1S/C28H21ClF6N4O3/c1-42-24-7-3-6-23(36-24)22(18-4-2-5-19(14-18)28(33,34)35)15-21(40)16-39-26(41)38(13-12-27(30,31)32)25(37-39)17-8-10-20(29)11-9-17/h2-14,22H,15-16H2,1H3/b13-12+. The number of rotatable bonds is 9. The van der Waals surface area contributed by atoms with E-state index in [9.17, 15) is 35.9 Å². The number of carbonyl (C=O) groups is 1. The molecule has 0 saturated heterocycles. The molecule has 0 saturated carbocycles. The van der Waals surface area contributed by atoms with Crippen LogP contribution in [-0.2, 0) is 17.5 Å². The van der Waals surface area contributed by atoms with E-state index in [4.69, 9.17) is 16.3 Å². The zero-order valence-corrected chi connectivity index (χ0v) is 22.4. The van der Waals surface area contributed by atoms with Crippen LogP contribution in [0.15, 0.2) is 77.6 Å². The second kappa shape index (κ2) is 12.2. The molecule has 7 nitrogen and oxygen atoms in total. The third kappa shape index (κ3) is 7.46. The average Bonchev–Trinajstić information content (AvgIpc) is 3.24. The van der Waals surface area contributed by atoms with Crippen LogP contribution < -0.4 is 10.4 Å². The fraction of sp³-hybridized carbons (Fsp3) is 0.214. The van der Waals surface area contributed by atoms with Crippen molar-refractivity contribution in [2.45, 2.75) is 31.2 Å². The number of pyridine rings is 1. The molecule has 2 aromatic carbocycles. The van der Waals surface area contributed by atoms with Crippen molar-refractivity contribution in [3.63, 3.8) is 0 Å². The maximum atomic E-state index is 13.5. The summed E-state index contributed by atoms with van der Waals surface area (Å²) in [6.45, 7) is -0.675. The van der Waals surface area contributed by atoms with Gasteiger partial charge in [0.1, 0.15) is 6.54 Å². The second-order valence-electron chi connectivity index (χ2n) is 9.02. The van der Waals surface area contributed by atoms with Gasteiger partial charge in [-0.1, -0.05) is 35.9 Å². The van der Waals surface area contributed by atoms with Crippen LogP contribution in [0.5, 0.6) is 5.88 Å². The van der Waals surface area contributed by atoms with Gasteiger partial charge >= 0.3 is 18.0 Å². The van der Waals surface area contributed by atoms with Crippen molar-refractivity contribution in [1.82, 2.24) is 19.3 Å². The predicted molar refractivity (Wildman–Crippen MR) is 142 cm³/mol. The van der Waals surface area contributed by atoms with E-state index in [1.807, 2.05) is 0 Å². The quantitative estimate of drug-likeness (QED) is 0.199. The summed E-state index contributed by atoms with van der Waals surface area (Å²) in [6, 6.07) is 14.8. The lowest BCUT2D eigenvalue weighted by Crippen LogP contribution is -2.27. The summed E-state index contributed by atoms with van der Waals surface area (Å²) in [6.07, 6.45) is -9.45. The van der Waals surface area contributed by atoms with Crippen molar-refractivity contribution < 1.29 is 35.9 Å². The Kier molecular flexibility index (Phi) is 8.90. The van der Waals surface area contributed by atoms with Crippen LogP contribution in [0.4, 0.5) is 26.3 Å². The minimum atomic E-state index is -4.74. The topological polar surface area (TPSA) is 79.0 Å². The Morgan fingerprint density at radius 2 is 1.71 bits per heavy atom. The minimum absolute atomic E-state index is 0.131. The largest absolute Gasteiger partial charge is 0.481 e. The molecule has 42 heavy (non-hydrogen) atoms. The lowest BCUT2D eigenvalue weighted by atomic mass is 9.89. The van der Waals surface area contributed by atoms with Crippen LogP contribution in [0.25, 0.3) is 17.6 Å². The number of alkyl halides is 6. The highest BCUT2D eigenvalue weighted by Gasteiger charge is 2.32. The maximum Gasteiger partial charge on any atom is 0.416 e. The van der Waals surface area contributed by atoms with Gasteiger partial charge in [0.2, 0.25) is 5.88 Å². The first-order chi connectivity index (χ1) is 19.7. The van der Waals surface area contributed by atoms with Crippen molar-refractivity contribution in [2.24, 2.45) is 0 Å². The van der Waals surface area contributed by atoms with Gasteiger partial charge in [0.15, 0.2) is 11.6 Å². The molecule has 0 radical (unpaired) electrons. The van der Waals surface area contributed by atoms with Gasteiger partial charge in [-0.15, -0.1) is 5.10 Å². The number of hydrogen-bond acceptors (Lipinski definition) is 5. The first-order valence-electron chi connectivity index (χ1n) is 12.2. The number of methoxy groups -OCH3 is 1. The summed E-state index contributed by atoms with van der Waals surface area (Å²) in [5.41, 5.74) is -1.36. The van der Waals surface area contributed by atoms with Crippen molar-refractivity contribution in [2.75, 3.05) is 7.11 Å². The summed E-state index contributed by atoms with van der Waals surface area (Å²) in [4.78, 5) is 30.6. The number of nitrogens with zero attached hydrogens (tertiary/aromatic N) is 4. The molecule has 0 amide bonds. The van der Waals surface area contributed by atoms with E-state index in [1.54, 1.807) is 6.07 Å². The van der Waals surface area contributed by atoms with E-state index in [2.05, 4.69) is 10.1 Å². The van der Waals surface area contributed by atoms with E-state index in [0.29, 0.717) is 20.5 Å². The van der Waals surface area contributed by atoms with Crippen LogP contribution in [-0.4, -0.2) is 38.4 Å². The Hall–Kier alpha value is -4.39. The second-order valence-corrected chi connectivity index (χ2v) is 9.46. The first kappa shape index (κ1) is 30.6. The monoisotopic (exact) mass is 610 g/mol. The molecule has 2 heterocycles. The highest BCUT2D eigenvalue weighted by Crippen LogP contribution is 2.34. The molecule has 1 unspecified atom stereocenters. The van der Waals surface area contributed by atoms with Crippen molar-refractivity contribution in [3.8, 4) is 17.3 Å². The molecule has 0 aliphatic carbocycles. The van der Waals surface area contributed by atoms with Gasteiger partial charge in [0, 0.05) is 41.3 Å². The third-order valence-electron chi connectivity index (χ3n) is 6.07. The Labute approximate surface area is 239 Å². The van der Waals surface area contributed by atoms with Crippen LogP contribution in [0.1, 0.15) is 29.2 Å². The molecular formula is C28H21ClF6N4O3. The van der Waals surface area contributed by atoms with Crippen LogP contribution in [0.2, 0.25) is 5.02 Å². The molecule has 0 N–H and O–H groups in total. The van der Waals surface area contributed by atoms with E-state index in [1.165, 1.54) is 55.6 Å². The average molecular weight is 611 g/mol. The van der Waals surface area contributed by atoms with Gasteiger partial charge in [0.05, 0.1) is 18.4 Å². The number of ketones is 1. The molecule has 220 valence electrons. The smallest absolute Gasteiger partial charge is 0.416 e. The summed E-state index contributed by atoms with van der Waals surface area (Å²) >= 11 is 5.89. The summed E-state index contributed by atoms with van der Waals surface area (Å²) in [5, 5.41) is 4.41. The molecule has 0 aliphatic heterocycles. The van der Waals surface area contributed by atoms with Crippen LogP contribution in [0.3, 0.4) is 0 Å². The molecular weight excluding hydrogens is 590 g/mol. The maximum absolute atomic E-state index is 13.5. The Bertz CT molecular complexity index is 1660. The van der Waals surface area contributed by atoms with E-state index < -0.39 is 48.3 Å². The first-order valence-corrected chi connectivity index (χ1v) is 12.5. The molecule has 14 heteroatoms. The SMILES string of the molecule is COc1cccc(C(CC(=O)Cn2nc(-c3ccc(Cl)cc3)n(/C=C/C(F)(F)F)c2=O)c2cccc(C(F)(F)F)c2)n1. The number of aromatic nitrogens is 4. The number of hydrogen-bond donors (Lipinski definition) is 0. The van der Waals surface area contributed by atoms with Crippen molar-refractivity contribution >= 4 is 23.6 Å². The summed E-state index contributed by atoms with van der Waals surface area (Å²) in [7, 11) is 1.35. The highest BCUT2D eigenvalue weighted by molar-refractivity contribution is 6.30. The highest BCUT2D eigenvalue weighted by atomic mass is 35.5. The number of halogens is 7. The zero-order chi connectivity index (χ0) is 30.7. The number of allylic oxidation sites excluding steroid dienone is 1. The molecule has 2 aromatic heterocycles. The van der Waals surface area contributed by atoms with Crippen molar-refractivity contribution in [3.05, 3.63) is 105 Å². The number of carbonyl (C=O) groups excluding carboxylic acids is 1. The molecule has 4 aromatic rings. The number of ether oxygens (including phenoxy) is 1. The predicted octanol–water partition coefficient (Wildman–Crippen LogP) is 6.61. The van der Waals surface area contributed by atoms with Gasteiger partial charge in [-0.25, -0.2) is 19.0 Å². The van der Waals surface area contributed by atoms with E-state index >= 15 is 0 Å². The van der Waals surface area contributed by atoms with E-state index in [-0.39, 0.29) is 34.6 Å². The van der Waals surface area contributed by atoms with Gasteiger partial charge in [-0.05, 0) is 42.0 Å². The molecule has 0 fully saturated rings. The Balaban J connectivity index is 1.71. The van der Waals surface area contributed by atoms with Gasteiger partial charge in [-0.2, -0.15) is 26.3 Å².